The van der Waals surface area contributed by atoms with Gasteiger partial charge in [-0.3, -0.25) is 18.6 Å². The molecule has 0 aliphatic heterocycles. The number of quaternary nitrogens is 1. The third-order valence-electron chi connectivity index (χ3n) is 13.8. The Morgan fingerprint density at radius 2 is 0.729 bits per heavy atom. The van der Waals surface area contributed by atoms with Gasteiger partial charge in [-0.25, -0.2) is 4.57 Å². The Morgan fingerprint density at radius 3 is 1.06 bits per heavy atom. The predicted octanol–water partition coefficient (Wildman–Crippen LogP) is 18.8. The summed E-state index contributed by atoms with van der Waals surface area (Å²) in [5.74, 6) is -0.790. The molecule has 0 radical (unpaired) electrons. The Morgan fingerprint density at radius 1 is 0.429 bits per heavy atom. The first-order chi connectivity index (χ1) is 34.0. The van der Waals surface area contributed by atoms with Crippen LogP contribution in [-0.2, 0) is 32.7 Å². The zero-order valence-corrected chi connectivity index (χ0v) is 48.2. The first-order valence-corrected chi connectivity index (χ1v) is 31.9. The number of nitrogens with zero attached hydrogens (tertiary/aromatic N) is 1. The monoisotopic (exact) mass is 1010 g/mol. The van der Waals surface area contributed by atoms with Crippen molar-refractivity contribution >= 4 is 19.8 Å². The Kier molecular flexibility index (Phi) is 51.7. The lowest BCUT2D eigenvalue weighted by Gasteiger charge is -2.24. The van der Waals surface area contributed by atoms with E-state index in [9.17, 15) is 19.0 Å². The third kappa shape index (κ3) is 56.1. The highest BCUT2D eigenvalue weighted by molar-refractivity contribution is 7.47. The van der Waals surface area contributed by atoms with E-state index < -0.39 is 26.5 Å². The standard InChI is InChI=1S/C60H118NO8P/c1-6-8-10-12-14-16-18-20-22-23-24-25-26-27-28-29-30-31-32-33-34-35-36-37-39-40-42-44-46-48-50-52-59(62)66-56-58(57-68-70(64,65)67-55-54-61(3,4)5)69-60(63)53-51-49-47-45-43-41-38-21-19-17-15-13-11-9-7-2/h21,38,58H,6-20,22-37,39-57H2,1-5H3/p+1/b38-21-. The molecule has 2 atom stereocenters. The van der Waals surface area contributed by atoms with Crippen LogP contribution in [0.5, 0.6) is 0 Å². The average Bonchev–Trinajstić information content (AvgIpc) is 3.32. The topological polar surface area (TPSA) is 108 Å². The van der Waals surface area contributed by atoms with Gasteiger partial charge in [-0.2, -0.15) is 0 Å². The number of rotatable bonds is 57. The van der Waals surface area contributed by atoms with Crippen LogP contribution >= 0.6 is 7.82 Å². The zero-order valence-electron chi connectivity index (χ0n) is 47.3. The second kappa shape index (κ2) is 52.6. The van der Waals surface area contributed by atoms with Crippen LogP contribution in [0.25, 0.3) is 0 Å². The largest absolute Gasteiger partial charge is 0.472 e. The van der Waals surface area contributed by atoms with Crippen LogP contribution in [0.2, 0.25) is 0 Å². The lowest BCUT2D eigenvalue weighted by atomic mass is 10.0. The fourth-order valence-electron chi connectivity index (χ4n) is 9.07. The van der Waals surface area contributed by atoms with Gasteiger partial charge in [-0.05, 0) is 38.5 Å². The number of ether oxygens (including phenoxy) is 2. The molecule has 0 bridgehead atoms. The van der Waals surface area contributed by atoms with Gasteiger partial charge in [-0.15, -0.1) is 0 Å². The maximum absolute atomic E-state index is 12.8. The highest BCUT2D eigenvalue weighted by Crippen LogP contribution is 2.43. The van der Waals surface area contributed by atoms with E-state index in [1.165, 1.54) is 225 Å². The van der Waals surface area contributed by atoms with Crippen LogP contribution in [0.3, 0.4) is 0 Å². The number of unbranched alkanes of at least 4 members (excludes halogenated alkanes) is 41. The Labute approximate surface area is 435 Å². The van der Waals surface area contributed by atoms with E-state index in [1.807, 2.05) is 21.1 Å². The molecule has 0 aliphatic rings. The minimum absolute atomic E-state index is 0.0336. The minimum atomic E-state index is -4.38. The smallest absolute Gasteiger partial charge is 0.462 e. The summed E-state index contributed by atoms with van der Waals surface area (Å²) in [5.41, 5.74) is 0. The van der Waals surface area contributed by atoms with Crippen molar-refractivity contribution < 1.29 is 42.1 Å². The third-order valence-corrected chi connectivity index (χ3v) is 14.8. The van der Waals surface area contributed by atoms with Crippen LogP contribution in [0.15, 0.2) is 12.2 Å². The van der Waals surface area contributed by atoms with E-state index >= 15 is 0 Å². The maximum atomic E-state index is 12.8. The van der Waals surface area contributed by atoms with E-state index in [1.54, 1.807) is 0 Å². The average molecular weight is 1010 g/mol. The molecule has 0 spiro atoms. The molecular formula is C60H119NO8P+. The Hall–Kier alpha value is -1.25. The molecule has 0 saturated heterocycles. The lowest BCUT2D eigenvalue weighted by molar-refractivity contribution is -0.870. The van der Waals surface area contributed by atoms with E-state index in [4.69, 9.17) is 18.5 Å². The van der Waals surface area contributed by atoms with Gasteiger partial charge < -0.3 is 18.9 Å². The second-order valence-electron chi connectivity index (χ2n) is 22.1. The number of hydrogen-bond acceptors (Lipinski definition) is 7. The molecule has 0 aliphatic carbocycles. The molecule has 0 aromatic heterocycles. The number of phosphoric acid groups is 1. The van der Waals surface area contributed by atoms with Crippen LogP contribution in [0, 0.1) is 0 Å². The summed E-state index contributed by atoms with van der Waals surface area (Å²) in [4.78, 5) is 35.6. The van der Waals surface area contributed by atoms with Gasteiger partial charge in [-0.1, -0.05) is 270 Å². The molecule has 9 nitrogen and oxygen atoms in total. The number of carbonyl (C=O) groups is 2. The second-order valence-corrected chi connectivity index (χ2v) is 23.6. The SMILES string of the molecule is CCCCCCCC/C=C\CCCCCCCC(=O)OC(COC(=O)CCCCCCCCCCCCCCCCCCCCCCCCCCCCCCCCC)COP(=O)(O)OCC[N+](C)(C)C. The molecule has 1 N–H and O–H groups in total. The first kappa shape index (κ1) is 68.8. The fraction of sp³-hybridized carbons (Fsp3) is 0.933. The highest BCUT2D eigenvalue weighted by atomic mass is 31.2. The van der Waals surface area contributed by atoms with Crippen LogP contribution < -0.4 is 0 Å². The predicted molar refractivity (Wildman–Crippen MR) is 298 cm³/mol. The minimum Gasteiger partial charge on any atom is -0.462 e. The molecule has 416 valence electrons. The van der Waals surface area contributed by atoms with Gasteiger partial charge in [0.15, 0.2) is 6.10 Å². The van der Waals surface area contributed by atoms with Crippen molar-refractivity contribution in [2.24, 2.45) is 0 Å². The molecule has 0 heterocycles. The first-order valence-electron chi connectivity index (χ1n) is 30.4. The molecule has 0 amide bonds. The van der Waals surface area contributed by atoms with Gasteiger partial charge >= 0.3 is 19.8 Å². The molecule has 0 rings (SSSR count). The number of allylic oxidation sites excluding steroid dienone is 2. The lowest BCUT2D eigenvalue weighted by Crippen LogP contribution is -2.37. The maximum Gasteiger partial charge on any atom is 0.472 e. The summed E-state index contributed by atoms with van der Waals surface area (Å²) < 4.78 is 34.5. The van der Waals surface area contributed by atoms with Crippen LogP contribution in [0.1, 0.15) is 309 Å². The molecule has 0 fully saturated rings. The Balaban J connectivity index is 3.97. The molecule has 0 saturated carbocycles. The van der Waals surface area contributed by atoms with Gasteiger partial charge in [0.05, 0.1) is 27.7 Å². The van der Waals surface area contributed by atoms with Crippen molar-refractivity contribution in [3.63, 3.8) is 0 Å². The number of carbonyl (C=O) groups excluding carboxylic acids is 2. The van der Waals surface area contributed by atoms with Gasteiger partial charge in [0.2, 0.25) is 0 Å². The van der Waals surface area contributed by atoms with Gasteiger partial charge in [0.25, 0.3) is 0 Å². The number of likely N-dealkylation sites (N-methyl/N-ethyl adjacent to an activating group) is 1. The molecule has 2 unspecified atom stereocenters. The normalized spacial score (nSPS) is 13.3. The van der Waals surface area contributed by atoms with Crippen molar-refractivity contribution in [3.05, 3.63) is 12.2 Å². The van der Waals surface area contributed by atoms with Crippen molar-refractivity contribution in [2.75, 3.05) is 47.5 Å². The van der Waals surface area contributed by atoms with E-state index in [-0.39, 0.29) is 25.6 Å². The summed E-state index contributed by atoms with van der Waals surface area (Å²) in [6, 6.07) is 0. The van der Waals surface area contributed by atoms with Crippen molar-refractivity contribution in [2.45, 2.75) is 315 Å². The van der Waals surface area contributed by atoms with Gasteiger partial charge in [0, 0.05) is 12.8 Å². The summed E-state index contributed by atoms with van der Waals surface area (Å²) in [6.45, 7) is 4.47. The van der Waals surface area contributed by atoms with Gasteiger partial charge in [0.1, 0.15) is 19.8 Å². The summed E-state index contributed by atoms with van der Waals surface area (Å²) >= 11 is 0. The highest BCUT2D eigenvalue weighted by Gasteiger charge is 2.27. The van der Waals surface area contributed by atoms with Crippen molar-refractivity contribution in [1.82, 2.24) is 0 Å². The molecule has 70 heavy (non-hydrogen) atoms. The number of hydrogen-bond donors (Lipinski definition) is 1. The molecule has 0 aromatic carbocycles. The van der Waals surface area contributed by atoms with Crippen molar-refractivity contribution in [3.8, 4) is 0 Å². The zero-order chi connectivity index (χ0) is 51.3. The summed E-state index contributed by atoms with van der Waals surface area (Å²) in [6.07, 6.45) is 61.6. The molecule has 0 aromatic rings. The molecular weight excluding hydrogens is 894 g/mol. The Bertz CT molecular complexity index is 1190. The van der Waals surface area contributed by atoms with Crippen LogP contribution in [-0.4, -0.2) is 74.9 Å². The number of phosphoric ester groups is 1. The quantitative estimate of drug-likeness (QED) is 0.0211. The fourth-order valence-corrected chi connectivity index (χ4v) is 9.81. The summed E-state index contributed by atoms with van der Waals surface area (Å²) in [5, 5.41) is 0. The van der Waals surface area contributed by atoms with E-state index in [0.717, 1.165) is 51.4 Å². The van der Waals surface area contributed by atoms with E-state index in [0.29, 0.717) is 23.9 Å². The van der Waals surface area contributed by atoms with E-state index in [2.05, 4.69) is 26.0 Å². The molecule has 10 heteroatoms. The number of esters is 2. The van der Waals surface area contributed by atoms with Crippen molar-refractivity contribution in [1.29, 1.82) is 0 Å². The van der Waals surface area contributed by atoms with Crippen LogP contribution in [0.4, 0.5) is 0 Å². The summed E-state index contributed by atoms with van der Waals surface area (Å²) in [7, 11) is 1.49.